The van der Waals surface area contributed by atoms with E-state index < -0.39 is 0 Å². The third-order valence-corrected chi connectivity index (χ3v) is 2.99. The summed E-state index contributed by atoms with van der Waals surface area (Å²) in [4.78, 5) is 17.9. The number of carbonyl (C=O) groups excluding carboxylic acids is 1. The third-order valence-electron chi connectivity index (χ3n) is 2.99. The van der Waals surface area contributed by atoms with Crippen LogP contribution in [0.2, 0.25) is 0 Å². The second-order valence-electron chi connectivity index (χ2n) is 4.44. The highest BCUT2D eigenvalue weighted by Gasteiger charge is 2.13. The van der Waals surface area contributed by atoms with Crippen LogP contribution in [-0.2, 0) is 11.3 Å². The molecule has 98 valence electrons. The van der Waals surface area contributed by atoms with Gasteiger partial charge in [-0.25, -0.2) is 0 Å². The average molecular weight is 256 g/mol. The summed E-state index contributed by atoms with van der Waals surface area (Å²) in [5.41, 5.74) is 1.07. The van der Waals surface area contributed by atoms with Gasteiger partial charge in [-0.1, -0.05) is 6.07 Å². The quantitative estimate of drug-likeness (QED) is 0.649. The van der Waals surface area contributed by atoms with Gasteiger partial charge in [0.25, 0.3) is 5.91 Å². The zero-order valence-electron chi connectivity index (χ0n) is 10.7. The molecule has 0 aliphatic carbocycles. The van der Waals surface area contributed by atoms with Crippen LogP contribution in [-0.4, -0.2) is 28.9 Å². The Bertz CT molecular complexity index is 498. The molecule has 1 N–H and O–H groups in total. The summed E-state index contributed by atoms with van der Waals surface area (Å²) >= 11 is 0. The minimum atomic E-state index is -0.335. The summed E-state index contributed by atoms with van der Waals surface area (Å²) in [5.74, 6) is -0.335. The minimum Gasteiger partial charge on any atom is -0.376 e. The molecule has 0 aromatic carbocycles. The van der Waals surface area contributed by atoms with Gasteiger partial charge in [0, 0.05) is 38.2 Å². The van der Waals surface area contributed by atoms with E-state index in [1.807, 2.05) is 23.1 Å². The summed E-state index contributed by atoms with van der Waals surface area (Å²) in [5, 5.41) is 11.8. The van der Waals surface area contributed by atoms with Gasteiger partial charge < -0.3 is 10.2 Å². The Hall–Kier alpha value is -2.35. The Morgan fingerprint density at radius 2 is 2.32 bits per heavy atom. The number of pyridine rings is 1. The number of nitrogens with one attached hydrogen (secondary N) is 1. The molecule has 0 radical (unpaired) electrons. The van der Waals surface area contributed by atoms with Crippen LogP contribution < -0.4 is 5.32 Å². The molecule has 1 saturated heterocycles. The number of nitrogens with zero attached hydrogens (tertiary/aromatic N) is 3. The zero-order valence-corrected chi connectivity index (χ0v) is 10.7. The summed E-state index contributed by atoms with van der Waals surface area (Å²) in [6, 6.07) is 5.65. The van der Waals surface area contributed by atoms with Gasteiger partial charge in [-0.2, -0.15) is 5.26 Å². The third kappa shape index (κ3) is 3.81. The van der Waals surface area contributed by atoms with Gasteiger partial charge >= 0.3 is 0 Å². The zero-order chi connectivity index (χ0) is 13.5. The number of likely N-dealkylation sites (tertiary alicyclic amines) is 1. The molecule has 0 saturated carbocycles. The van der Waals surface area contributed by atoms with Crippen molar-refractivity contribution in [1.29, 1.82) is 5.26 Å². The molecule has 1 fully saturated rings. The van der Waals surface area contributed by atoms with Crippen molar-refractivity contribution in [3.8, 4) is 6.07 Å². The summed E-state index contributed by atoms with van der Waals surface area (Å²) in [6.07, 6.45) is 7.26. The maximum absolute atomic E-state index is 11.9. The van der Waals surface area contributed by atoms with Crippen LogP contribution in [0.1, 0.15) is 18.4 Å². The number of carbonyl (C=O) groups is 1. The van der Waals surface area contributed by atoms with Crippen LogP contribution in [0.4, 0.5) is 0 Å². The van der Waals surface area contributed by atoms with Crippen LogP contribution in [0.25, 0.3) is 0 Å². The maximum atomic E-state index is 11.9. The molecule has 1 aromatic heterocycles. The first kappa shape index (κ1) is 13.1. The van der Waals surface area contributed by atoms with Crippen LogP contribution in [0.3, 0.4) is 0 Å². The molecule has 19 heavy (non-hydrogen) atoms. The van der Waals surface area contributed by atoms with Gasteiger partial charge in [0.1, 0.15) is 11.6 Å². The molecular weight excluding hydrogens is 240 g/mol. The molecule has 1 aromatic rings. The van der Waals surface area contributed by atoms with E-state index in [1.54, 1.807) is 18.6 Å². The van der Waals surface area contributed by atoms with Crippen molar-refractivity contribution >= 4 is 5.91 Å². The molecule has 0 bridgehead atoms. The summed E-state index contributed by atoms with van der Waals surface area (Å²) in [7, 11) is 0. The highest BCUT2D eigenvalue weighted by molar-refractivity contribution is 5.97. The number of aromatic nitrogens is 1. The lowest BCUT2D eigenvalue weighted by Crippen LogP contribution is -2.25. The van der Waals surface area contributed by atoms with E-state index >= 15 is 0 Å². The lowest BCUT2D eigenvalue weighted by atomic mass is 10.2. The molecule has 1 aliphatic heterocycles. The molecule has 1 amide bonds. The highest BCUT2D eigenvalue weighted by atomic mass is 16.1. The van der Waals surface area contributed by atoms with E-state index in [-0.39, 0.29) is 11.5 Å². The van der Waals surface area contributed by atoms with E-state index in [0.717, 1.165) is 31.5 Å². The number of hydrogen-bond acceptors (Lipinski definition) is 4. The Morgan fingerprint density at radius 3 is 2.95 bits per heavy atom. The smallest absolute Gasteiger partial charge is 0.263 e. The van der Waals surface area contributed by atoms with Crippen molar-refractivity contribution < 1.29 is 4.79 Å². The largest absolute Gasteiger partial charge is 0.376 e. The fourth-order valence-electron chi connectivity index (χ4n) is 1.97. The first-order valence-electron chi connectivity index (χ1n) is 6.32. The minimum absolute atomic E-state index is 0.158. The lowest BCUT2D eigenvalue weighted by molar-refractivity contribution is -0.117. The van der Waals surface area contributed by atoms with Crippen LogP contribution >= 0.6 is 0 Å². The van der Waals surface area contributed by atoms with Crippen molar-refractivity contribution in [2.75, 3.05) is 13.1 Å². The monoisotopic (exact) mass is 256 g/mol. The Balaban J connectivity index is 1.92. The Kier molecular flexibility index (Phi) is 4.51. The molecule has 1 aliphatic rings. The number of rotatable bonds is 4. The SMILES string of the molecule is N#C/C(=C/N1CCCC1)C(=O)NCc1cccnc1. The predicted molar refractivity (Wildman–Crippen MR) is 70.6 cm³/mol. The topological polar surface area (TPSA) is 69.0 Å². The van der Waals surface area contributed by atoms with Crippen molar-refractivity contribution in [2.24, 2.45) is 0 Å². The first-order valence-corrected chi connectivity index (χ1v) is 6.32. The van der Waals surface area contributed by atoms with Crippen LogP contribution in [0, 0.1) is 11.3 Å². The molecule has 2 heterocycles. The molecule has 5 heteroatoms. The van der Waals surface area contributed by atoms with Gasteiger partial charge in [-0.15, -0.1) is 0 Å². The van der Waals surface area contributed by atoms with Crippen LogP contribution in [0.15, 0.2) is 36.3 Å². The molecular formula is C14H16N4O. The fraction of sp³-hybridized carbons (Fsp3) is 0.357. The molecule has 2 rings (SSSR count). The van der Waals surface area contributed by atoms with Gasteiger partial charge in [0.15, 0.2) is 0 Å². The van der Waals surface area contributed by atoms with Crippen molar-refractivity contribution in [2.45, 2.75) is 19.4 Å². The predicted octanol–water partition coefficient (Wildman–Crippen LogP) is 1.20. The summed E-state index contributed by atoms with van der Waals surface area (Å²) < 4.78 is 0. The van der Waals surface area contributed by atoms with Crippen molar-refractivity contribution in [3.63, 3.8) is 0 Å². The van der Waals surface area contributed by atoms with Gasteiger partial charge in [-0.3, -0.25) is 9.78 Å². The standard InChI is InChI=1S/C14H16N4O/c15-8-13(11-18-6-1-2-7-18)14(19)17-10-12-4-3-5-16-9-12/h3-5,9,11H,1-2,6-7,10H2,(H,17,19)/b13-11-. The Morgan fingerprint density at radius 1 is 1.53 bits per heavy atom. The van der Waals surface area contributed by atoms with E-state index in [0.29, 0.717) is 6.54 Å². The fourth-order valence-corrected chi connectivity index (χ4v) is 1.97. The molecule has 0 spiro atoms. The molecule has 0 unspecified atom stereocenters. The van der Waals surface area contributed by atoms with E-state index in [9.17, 15) is 4.79 Å². The summed E-state index contributed by atoms with van der Waals surface area (Å²) in [6.45, 7) is 2.22. The number of nitriles is 1. The molecule has 5 nitrogen and oxygen atoms in total. The van der Waals surface area contributed by atoms with Gasteiger partial charge in [-0.05, 0) is 24.5 Å². The Labute approximate surface area is 112 Å². The van der Waals surface area contributed by atoms with E-state index in [4.69, 9.17) is 5.26 Å². The molecule has 0 atom stereocenters. The highest BCUT2D eigenvalue weighted by Crippen LogP contribution is 2.09. The van der Waals surface area contributed by atoms with Crippen LogP contribution in [0.5, 0.6) is 0 Å². The first-order chi connectivity index (χ1) is 9.29. The number of hydrogen-bond donors (Lipinski definition) is 1. The maximum Gasteiger partial charge on any atom is 0.263 e. The second-order valence-corrected chi connectivity index (χ2v) is 4.44. The van der Waals surface area contributed by atoms with E-state index in [2.05, 4.69) is 10.3 Å². The van der Waals surface area contributed by atoms with Gasteiger partial charge in [0.05, 0.1) is 0 Å². The average Bonchev–Trinajstić information content (AvgIpc) is 2.96. The van der Waals surface area contributed by atoms with E-state index in [1.165, 1.54) is 0 Å². The normalized spacial score (nSPS) is 15.1. The van der Waals surface area contributed by atoms with Crippen molar-refractivity contribution in [1.82, 2.24) is 15.2 Å². The van der Waals surface area contributed by atoms with Crippen molar-refractivity contribution in [3.05, 3.63) is 41.9 Å². The number of amides is 1. The lowest BCUT2D eigenvalue weighted by Gasteiger charge is -2.11. The van der Waals surface area contributed by atoms with Gasteiger partial charge in [0.2, 0.25) is 0 Å². The second kappa shape index (κ2) is 6.55.